The average molecular weight is 116 g/mol. The second kappa shape index (κ2) is 2.00. The Bertz CT molecular complexity index is 112. The number of aliphatic hydroxyl groups is 1. The normalized spacial score (nSPS) is 28.6. The number of nitrogens with one attached hydrogen (secondary N) is 2. The van der Waals surface area contributed by atoms with Crippen molar-refractivity contribution in [3.05, 3.63) is 0 Å². The fourth-order valence-corrected chi connectivity index (χ4v) is 0.646. The zero-order valence-corrected chi connectivity index (χ0v) is 4.52. The minimum atomic E-state index is -0.462. The summed E-state index contributed by atoms with van der Waals surface area (Å²) in [7, 11) is 0. The van der Waals surface area contributed by atoms with Crippen LogP contribution in [0.4, 0.5) is 0 Å². The Kier molecular flexibility index (Phi) is 1.34. The topological polar surface area (TPSA) is 72.2 Å². The molecule has 1 aliphatic rings. The molecule has 1 atom stereocenters. The number of guanidine groups is 1. The Morgan fingerprint density at radius 3 is 3.00 bits per heavy atom. The summed E-state index contributed by atoms with van der Waals surface area (Å²) in [5.74, 6) is 0.462. The van der Waals surface area contributed by atoms with Crippen molar-refractivity contribution in [1.29, 1.82) is 0 Å². The van der Waals surface area contributed by atoms with Gasteiger partial charge in [-0.15, -0.1) is 0 Å². The van der Waals surface area contributed by atoms with E-state index < -0.39 is 6.23 Å². The lowest BCUT2D eigenvalue weighted by Gasteiger charge is -2.10. The smallest absolute Gasteiger partial charge is 0.343 e. The maximum absolute atomic E-state index is 8.83. The first-order valence-corrected chi connectivity index (χ1v) is 2.60. The van der Waals surface area contributed by atoms with Crippen LogP contribution in [0.5, 0.6) is 0 Å². The molecule has 0 aromatic carbocycles. The fraction of sp³-hybridized carbons (Fsp3) is 0.750. The molecule has 1 unspecified atom stereocenters. The molecule has 1 heterocycles. The van der Waals surface area contributed by atoms with Crippen LogP contribution in [0.15, 0.2) is 0 Å². The molecule has 4 nitrogen and oxygen atoms in total. The summed E-state index contributed by atoms with van der Waals surface area (Å²) in [4.78, 5) is 2.84. The second-order valence-electron chi connectivity index (χ2n) is 1.79. The van der Waals surface area contributed by atoms with Crippen LogP contribution in [0.25, 0.3) is 0 Å². The van der Waals surface area contributed by atoms with Gasteiger partial charge in [0.1, 0.15) is 0 Å². The highest BCUT2D eigenvalue weighted by Gasteiger charge is 2.13. The van der Waals surface area contributed by atoms with Crippen LogP contribution < -0.4 is 16.0 Å². The van der Waals surface area contributed by atoms with E-state index in [0.29, 0.717) is 12.4 Å². The van der Waals surface area contributed by atoms with Gasteiger partial charge in [-0.25, -0.2) is 0 Å². The Morgan fingerprint density at radius 2 is 2.62 bits per heavy atom. The molecule has 0 bridgehead atoms. The van der Waals surface area contributed by atoms with Crippen LogP contribution in [-0.2, 0) is 0 Å². The van der Waals surface area contributed by atoms with E-state index in [2.05, 4.69) is 10.3 Å². The maximum Gasteiger partial charge on any atom is 0.343 e. The van der Waals surface area contributed by atoms with Crippen molar-refractivity contribution >= 4 is 5.96 Å². The number of hydrogen-bond donors (Lipinski definition) is 4. The third-order valence-corrected chi connectivity index (χ3v) is 1.06. The number of nitrogens with two attached hydrogens (primary N) is 1. The Balaban J connectivity index is 2.45. The van der Waals surface area contributed by atoms with E-state index in [1.165, 1.54) is 0 Å². The largest absolute Gasteiger partial charge is 0.361 e. The molecule has 0 saturated heterocycles. The zero-order valence-electron chi connectivity index (χ0n) is 4.52. The van der Waals surface area contributed by atoms with Gasteiger partial charge in [-0.2, -0.15) is 0 Å². The molecule has 5 N–H and O–H groups in total. The summed E-state index contributed by atoms with van der Waals surface area (Å²) in [6.45, 7) is 0.750. The minimum Gasteiger partial charge on any atom is -0.361 e. The van der Waals surface area contributed by atoms with Crippen molar-refractivity contribution in [1.82, 2.24) is 5.32 Å². The molecule has 0 fully saturated rings. The molecule has 0 radical (unpaired) electrons. The van der Waals surface area contributed by atoms with Gasteiger partial charge in [0.15, 0.2) is 6.23 Å². The second-order valence-corrected chi connectivity index (χ2v) is 1.79. The van der Waals surface area contributed by atoms with Crippen LogP contribution in [-0.4, -0.2) is 23.8 Å². The molecule has 1 aliphatic heterocycles. The van der Waals surface area contributed by atoms with Gasteiger partial charge in [-0.05, 0) is 0 Å². The van der Waals surface area contributed by atoms with Crippen molar-refractivity contribution in [2.24, 2.45) is 5.73 Å². The van der Waals surface area contributed by atoms with E-state index in [0.717, 1.165) is 6.54 Å². The van der Waals surface area contributed by atoms with Crippen molar-refractivity contribution in [2.75, 3.05) is 6.54 Å². The molecule has 0 spiro atoms. The summed E-state index contributed by atoms with van der Waals surface area (Å²) < 4.78 is 0. The van der Waals surface area contributed by atoms with E-state index in [9.17, 15) is 0 Å². The molecular weight excluding hydrogens is 106 g/mol. The van der Waals surface area contributed by atoms with Crippen molar-refractivity contribution < 1.29 is 10.1 Å². The molecule has 0 aromatic heterocycles. The van der Waals surface area contributed by atoms with Gasteiger partial charge in [0.05, 0.1) is 6.54 Å². The third kappa shape index (κ3) is 1.10. The molecule has 0 amide bonds. The number of hydrogen-bond acceptors (Lipinski definition) is 3. The fourth-order valence-electron chi connectivity index (χ4n) is 0.646. The predicted molar refractivity (Wildman–Crippen MR) is 28.8 cm³/mol. The number of rotatable bonds is 0. The molecule has 46 valence electrons. The average Bonchev–Trinajstić information content (AvgIpc) is 1.64. The van der Waals surface area contributed by atoms with E-state index in [4.69, 9.17) is 10.8 Å². The first-order valence-electron chi connectivity index (χ1n) is 2.60. The first kappa shape index (κ1) is 5.37. The lowest BCUT2D eigenvalue weighted by molar-refractivity contribution is -0.470. The highest BCUT2D eigenvalue weighted by Crippen LogP contribution is 1.81. The highest BCUT2D eigenvalue weighted by atomic mass is 16.3. The van der Waals surface area contributed by atoms with Crippen LogP contribution in [0.1, 0.15) is 6.42 Å². The van der Waals surface area contributed by atoms with Crippen LogP contribution >= 0.6 is 0 Å². The predicted octanol–water partition coefficient (Wildman–Crippen LogP) is -3.31. The number of aliphatic hydroxyl groups excluding tert-OH is 1. The maximum atomic E-state index is 8.83. The summed E-state index contributed by atoms with van der Waals surface area (Å²) in [5, 5.41) is 11.4. The molecular formula is C4H10N3O+. The van der Waals surface area contributed by atoms with E-state index in [1.807, 2.05) is 0 Å². The van der Waals surface area contributed by atoms with E-state index in [1.54, 1.807) is 0 Å². The molecule has 0 saturated carbocycles. The minimum absolute atomic E-state index is 0.462. The van der Waals surface area contributed by atoms with Crippen LogP contribution in [0.3, 0.4) is 0 Å². The lowest BCUT2D eigenvalue weighted by atomic mass is 10.3. The quantitative estimate of drug-likeness (QED) is 0.268. The van der Waals surface area contributed by atoms with Crippen molar-refractivity contribution in [3.8, 4) is 0 Å². The van der Waals surface area contributed by atoms with E-state index >= 15 is 0 Å². The Labute approximate surface area is 47.4 Å². The Morgan fingerprint density at radius 1 is 1.88 bits per heavy atom. The monoisotopic (exact) mass is 116 g/mol. The van der Waals surface area contributed by atoms with Gasteiger partial charge >= 0.3 is 5.96 Å². The van der Waals surface area contributed by atoms with Gasteiger partial charge in [-0.3, -0.25) is 16.0 Å². The Hall–Kier alpha value is -0.770. The molecule has 8 heavy (non-hydrogen) atoms. The van der Waals surface area contributed by atoms with Gasteiger partial charge < -0.3 is 5.11 Å². The lowest BCUT2D eigenvalue weighted by Crippen LogP contribution is -2.83. The SMILES string of the molecule is NC1=[NH+]CCC(O)N1. The third-order valence-electron chi connectivity index (χ3n) is 1.06. The highest BCUT2D eigenvalue weighted by molar-refractivity contribution is 5.72. The summed E-state index contributed by atoms with van der Waals surface area (Å²) in [6.07, 6.45) is 0.247. The van der Waals surface area contributed by atoms with E-state index in [-0.39, 0.29) is 0 Å². The van der Waals surface area contributed by atoms with Crippen LogP contribution in [0, 0.1) is 0 Å². The zero-order chi connectivity index (χ0) is 5.98. The van der Waals surface area contributed by atoms with Crippen molar-refractivity contribution in [3.63, 3.8) is 0 Å². The van der Waals surface area contributed by atoms with Gasteiger partial charge in [0.25, 0.3) is 0 Å². The van der Waals surface area contributed by atoms with Gasteiger partial charge in [0, 0.05) is 6.42 Å². The van der Waals surface area contributed by atoms with Crippen molar-refractivity contribution in [2.45, 2.75) is 12.6 Å². The molecule has 1 rings (SSSR count). The standard InChI is InChI=1S/C4H9N3O/c5-4-6-2-1-3(8)7-4/h3,8H,1-2H2,(H3,5,6,7)/p+1. The molecule has 0 aromatic rings. The first-order chi connectivity index (χ1) is 3.79. The summed E-state index contributed by atoms with van der Waals surface area (Å²) >= 11 is 0. The molecule has 4 heteroatoms. The van der Waals surface area contributed by atoms with Gasteiger partial charge in [-0.1, -0.05) is 0 Å². The molecule has 0 aliphatic carbocycles. The van der Waals surface area contributed by atoms with Crippen LogP contribution in [0.2, 0.25) is 0 Å². The van der Waals surface area contributed by atoms with Gasteiger partial charge in [0.2, 0.25) is 0 Å². The summed E-state index contributed by atoms with van der Waals surface area (Å²) in [5.41, 5.74) is 5.26. The summed E-state index contributed by atoms with van der Waals surface area (Å²) in [6, 6.07) is 0.